The van der Waals surface area contributed by atoms with Crippen LogP contribution in [0.4, 0.5) is 0 Å². The molecule has 23 heavy (non-hydrogen) atoms. The molecule has 0 spiro atoms. The third-order valence-corrected chi connectivity index (χ3v) is 5.57. The number of nitrogens with one attached hydrogen (secondary N) is 1. The van der Waals surface area contributed by atoms with Gasteiger partial charge >= 0.3 is 0 Å². The molecular weight excluding hydrogens is 306 g/mol. The van der Waals surface area contributed by atoms with E-state index in [1.807, 2.05) is 17.5 Å². The van der Waals surface area contributed by atoms with Crippen LogP contribution in [0, 0.1) is 0 Å². The maximum absolute atomic E-state index is 4.65. The molecule has 3 heterocycles. The first kappa shape index (κ1) is 16.6. The van der Waals surface area contributed by atoms with E-state index in [9.17, 15) is 0 Å². The Kier molecular flexibility index (Phi) is 4.56. The highest BCUT2D eigenvalue weighted by Crippen LogP contribution is 2.27. The highest BCUT2D eigenvalue weighted by atomic mass is 32.1. The van der Waals surface area contributed by atoms with Crippen molar-refractivity contribution in [3.63, 3.8) is 0 Å². The van der Waals surface area contributed by atoms with Gasteiger partial charge in [-0.1, -0.05) is 34.6 Å². The molecule has 0 fully saturated rings. The third-order valence-electron chi connectivity index (χ3n) is 4.15. The van der Waals surface area contributed by atoms with Crippen molar-refractivity contribution in [2.24, 2.45) is 0 Å². The SMILES string of the molecule is CC(C)c1nc2n(n1)C[C@H](NCc1cnc(C(C)(C)C)s1)CC2. The highest BCUT2D eigenvalue weighted by Gasteiger charge is 2.23. The van der Waals surface area contributed by atoms with Gasteiger partial charge in [-0.25, -0.2) is 14.6 Å². The number of hydrogen-bond donors (Lipinski definition) is 1. The first-order valence-corrected chi connectivity index (χ1v) is 9.27. The quantitative estimate of drug-likeness (QED) is 0.933. The van der Waals surface area contributed by atoms with E-state index in [0.29, 0.717) is 12.0 Å². The van der Waals surface area contributed by atoms with Gasteiger partial charge in [-0.3, -0.25) is 0 Å². The van der Waals surface area contributed by atoms with Gasteiger partial charge in [0.2, 0.25) is 0 Å². The fraction of sp³-hybridized carbons (Fsp3) is 0.706. The van der Waals surface area contributed by atoms with Crippen molar-refractivity contribution >= 4 is 11.3 Å². The molecule has 1 N–H and O–H groups in total. The first-order valence-electron chi connectivity index (χ1n) is 8.45. The molecule has 0 aromatic carbocycles. The Morgan fingerprint density at radius 2 is 2.17 bits per heavy atom. The molecule has 6 heteroatoms. The topological polar surface area (TPSA) is 55.6 Å². The molecule has 0 unspecified atom stereocenters. The minimum Gasteiger partial charge on any atom is -0.307 e. The molecule has 0 radical (unpaired) electrons. The van der Waals surface area contributed by atoms with Gasteiger partial charge in [0.1, 0.15) is 5.82 Å². The van der Waals surface area contributed by atoms with E-state index in [-0.39, 0.29) is 5.41 Å². The van der Waals surface area contributed by atoms with Gasteiger partial charge in [-0.2, -0.15) is 5.10 Å². The van der Waals surface area contributed by atoms with Crippen molar-refractivity contribution in [2.45, 2.75) is 77.9 Å². The van der Waals surface area contributed by atoms with Crippen LogP contribution < -0.4 is 5.32 Å². The molecule has 2 aromatic rings. The lowest BCUT2D eigenvalue weighted by Crippen LogP contribution is -2.37. The maximum Gasteiger partial charge on any atom is 0.153 e. The summed E-state index contributed by atoms with van der Waals surface area (Å²) in [5.41, 5.74) is 0.136. The van der Waals surface area contributed by atoms with Crippen molar-refractivity contribution in [3.8, 4) is 0 Å². The summed E-state index contributed by atoms with van der Waals surface area (Å²) in [7, 11) is 0. The molecular formula is C17H27N5S. The number of rotatable bonds is 4. The Hall–Kier alpha value is -1.27. The summed E-state index contributed by atoms with van der Waals surface area (Å²) in [6.07, 6.45) is 4.15. The van der Waals surface area contributed by atoms with Gasteiger partial charge in [0.25, 0.3) is 0 Å². The van der Waals surface area contributed by atoms with Gasteiger partial charge in [0.15, 0.2) is 5.82 Å². The monoisotopic (exact) mass is 333 g/mol. The second kappa shape index (κ2) is 6.32. The minimum atomic E-state index is 0.136. The summed E-state index contributed by atoms with van der Waals surface area (Å²) in [4.78, 5) is 10.5. The molecule has 0 amide bonds. The zero-order valence-electron chi connectivity index (χ0n) is 14.8. The largest absolute Gasteiger partial charge is 0.307 e. The predicted octanol–water partition coefficient (Wildman–Crippen LogP) is 3.26. The molecule has 1 aliphatic heterocycles. The highest BCUT2D eigenvalue weighted by molar-refractivity contribution is 7.11. The average molecular weight is 334 g/mol. The zero-order chi connectivity index (χ0) is 16.6. The number of nitrogens with zero attached hydrogens (tertiary/aromatic N) is 4. The van der Waals surface area contributed by atoms with E-state index in [0.717, 1.165) is 37.6 Å². The number of fused-ring (bicyclic) bond motifs is 1. The molecule has 126 valence electrons. The van der Waals surface area contributed by atoms with Crippen LogP contribution in [0.3, 0.4) is 0 Å². The van der Waals surface area contributed by atoms with Gasteiger partial charge < -0.3 is 5.32 Å². The molecule has 0 saturated heterocycles. The van der Waals surface area contributed by atoms with Crippen LogP contribution in [0.5, 0.6) is 0 Å². The maximum atomic E-state index is 4.65. The zero-order valence-corrected chi connectivity index (χ0v) is 15.6. The van der Waals surface area contributed by atoms with Crippen LogP contribution in [-0.4, -0.2) is 25.8 Å². The fourth-order valence-electron chi connectivity index (χ4n) is 2.72. The summed E-state index contributed by atoms with van der Waals surface area (Å²) in [6.45, 7) is 12.7. The van der Waals surface area contributed by atoms with E-state index in [1.54, 1.807) is 0 Å². The Bertz CT molecular complexity index is 665. The second-order valence-corrected chi connectivity index (χ2v) is 8.84. The van der Waals surface area contributed by atoms with Crippen molar-refractivity contribution in [2.75, 3.05) is 0 Å². The van der Waals surface area contributed by atoms with E-state index in [1.165, 1.54) is 9.88 Å². The lowest BCUT2D eigenvalue weighted by Gasteiger charge is -2.23. The van der Waals surface area contributed by atoms with Gasteiger partial charge in [0.05, 0.1) is 11.6 Å². The Labute approximate surface area is 142 Å². The van der Waals surface area contributed by atoms with Gasteiger partial charge in [0, 0.05) is 41.4 Å². The summed E-state index contributed by atoms with van der Waals surface area (Å²) < 4.78 is 2.09. The van der Waals surface area contributed by atoms with Crippen LogP contribution in [0.25, 0.3) is 0 Å². The smallest absolute Gasteiger partial charge is 0.153 e. The summed E-state index contributed by atoms with van der Waals surface area (Å²) in [5.74, 6) is 2.50. The number of hydrogen-bond acceptors (Lipinski definition) is 5. The standard InChI is InChI=1S/C17H27N5S/c1-11(2)15-20-14-7-6-12(10-22(14)21-15)18-8-13-9-19-16(23-13)17(3,4)5/h9,11-12,18H,6-8,10H2,1-5H3/t12-/m1/s1. The number of thiazole rings is 1. The third kappa shape index (κ3) is 3.80. The fourth-order valence-corrected chi connectivity index (χ4v) is 3.64. The van der Waals surface area contributed by atoms with E-state index >= 15 is 0 Å². The number of aromatic nitrogens is 4. The molecule has 5 nitrogen and oxygen atoms in total. The predicted molar refractivity (Wildman–Crippen MR) is 93.9 cm³/mol. The molecule has 1 aliphatic rings. The summed E-state index contributed by atoms with van der Waals surface area (Å²) in [5, 5.41) is 9.52. The molecule has 0 bridgehead atoms. The summed E-state index contributed by atoms with van der Waals surface area (Å²) in [6, 6.07) is 0.462. The van der Waals surface area contributed by atoms with E-state index < -0.39 is 0 Å². The molecule has 2 aromatic heterocycles. The van der Waals surface area contributed by atoms with Crippen molar-refractivity contribution in [1.82, 2.24) is 25.1 Å². The van der Waals surface area contributed by atoms with Crippen molar-refractivity contribution < 1.29 is 0 Å². The molecule has 0 aliphatic carbocycles. The van der Waals surface area contributed by atoms with Crippen molar-refractivity contribution in [3.05, 3.63) is 27.7 Å². The van der Waals surface area contributed by atoms with Crippen molar-refractivity contribution in [1.29, 1.82) is 0 Å². The average Bonchev–Trinajstić information content (AvgIpc) is 3.10. The van der Waals surface area contributed by atoms with E-state index in [4.69, 9.17) is 0 Å². The van der Waals surface area contributed by atoms with Crippen LogP contribution >= 0.6 is 11.3 Å². The lowest BCUT2D eigenvalue weighted by molar-refractivity contribution is 0.358. The molecule has 1 atom stereocenters. The van der Waals surface area contributed by atoms with Crippen LogP contribution in [0.2, 0.25) is 0 Å². The van der Waals surface area contributed by atoms with Crippen LogP contribution in [-0.2, 0) is 24.9 Å². The number of aryl methyl sites for hydroxylation is 1. The minimum absolute atomic E-state index is 0.136. The Morgan fingerprint density at radius 1 is 1.39 bits per heavy atom. The first-order chi connectivity index (χ1) is 10.8. The molecule has 3 rings (SSSR count). The van der Waals surface area contributed by atoms with Crippen LogP contribution in [0.1, 0.15) is 68.5 Å². The lowest BCUT2D eigenvalue weighted by atomic mass is 9.98. The van der Waals surface area contributed by atoms with Gasteiger partial charge in [-0.05, 0) is 6.42 Å². The normalized spacial score (nSPS) is 18.4. The van der Waals surface area contributed by atoms with Gasteiger partial charge in [-0.15, -0.1) is 11.3 Å². The van der Waals surface area contributed by atoms with E-state index in [2.05, 4.69) is 59.7 Å². The molecule has 0 saturated carbocycles. The Morgan fingerprint density at radius 3 is 2.83 bits per heavy atom. The second-order valence-electron chi connectivity index (χ2n) is 7.72. The Balaban J connectivity index is 1.58. The van der Waals surface area contributed by atoms with Crippen LogP contribution in [0.15, 0.2) is 6.20 Å². The summed E-state index contributed by atoms with van der Waals surface area (Å²) >= 11 is 1.81.